The summed E-state index contributed by atoms with van der Waals surface area (Å²) in [5, 5.41) is 4.24. The molecule has 0 unspecified atom stereocenters. The first-order valence-corrected chi connectivity index (χ1v) is 5.45. The van der Waals surface area contributed by atoms with Gasteiger partial charge in [-0.25, -0.2) is 0 Å². The van der Waals surface area contributed by atoms with Crippen LogP contribution in [-0.2, 0) is 0 Å². The molecule has 14 heavy (non-hydrogen) atoms. The van der Waals surface area contributed by atoms with Crippen molar-refractivity contribution < 1.29 is 4.74 Å². The molecule has 0 saturated heterocycles. The third kappa shape index (κ3) is 2.87. The molecule has 1 rings (SSSR count). The molecule has 0 bridgehead atoms. The van der Waals surface area contributed by atoms with Crippen LogP contribution in [0, 0.1) is 0 Å². The fourth-order valence-corrected chi connectivity index (χ4v) is 1.58. The summed E-state index contributed by atoms with van der Waals surface area (Å²) in [5.74, 6) is 1.31. The Bertz CT molecular complexity index is 320. The minimum absolute atomic E-state index is 0.540. The van der Waals surface area contributed by atoms with Gasteiger partial charge in [0.05, 0.1) is 22.8 Å². The Kier molecular flexibility index (Phi) is 4.72. The molecular weight excluding hydrogens is 241 g/mol. The molecular formula is C9H11Cl2NOS. The molecule has 0 aliphatic rings. The van der Waals surface area contributed by atoms with Crippen molar-refractivity contribution in [3.05, 3.63) is 22.2 Å². The summed E-state index contributed by atoms with van der Waals surface area (Å²) in [6.07, 6.45) is 0. The van der Waals surface area contributed by atoms with Crippen LogP contribution in [0.5, 0.6) is 5.75 Å². The SMILES string of the molecule is COc1cc(Cl)c(NCCS)cc1Cl. The fraction of sp³-hybridized carbons (Fsp3) is 0.333. The van der Waals surface area contributed by atoms with Crippen molar-refractivity contribution >= 4 is 41.5 Å². The zero-order valence-electron chi connectivity index (χ0n) is 7.68. The molecule has 0 atom stereocenters. The van der Waals surface area contributed by atoms with Crippen molar-refractivity contribution in [2.75, 3.05) is 24.7 Å². The van der Waals surface area contributed by atoms with E-state index in [0.717, 1.165) is 18.0 Å². The summed E-state index contributed by atoms with van der Waals surface area (Å²) >= 11 is 16.0. The number of ether oxygens (including phenoxy) is 1. The number of methoxy groups -OCH3 is 1. The Morgan fingerprint density at radius 1 is 1.36 bits per heavy atom. The van der Waals surface area contributed by atoms with E-state index in [-0.39, 0.29) is 0 Å². The second kappa shape index (κ2) is 5.59. The third-order valence-electron chi connectivity index (χ3n) is 1.67. The van der Waals surface area contributed by atoms with Crippen molar-refractivity contribution in [1.29, 1.82) is 0 Å². The largest absolute Gasteiger partial charge is 0.495 e. The monoisotopic (exact) mass is 251 g/mol. The van der Waals surface area contributed by atoms with Crippen LogP contribution in [0.2, 0.25) is 10.0 Å². The smallest absolute Gasteiger partial charge is 0.139 e. The Balaban J connectivity index is 2.90. The number of hydrogen-bond acceptors (Lipinski definition) is 3. The van der Waals surface area contributed by atoms with E-state index in [0.29, 0.717) is 15.8 Å². The van der Waals surface area contributed by atoms with Gasteiger partial charge in [-0.3, -0.25) is 0 Å². The lowest BCUT2D eigenvalue weighted by atomic mass is 10.3. The van der Waals surface area contributed by atoms with E-state index in [1.807, 2.05) is 0 Å². The molecule has 78 valence electrons. The summed E-state index contributed by atoms with van der Waals surface area (Å²) in [5.41, 5.74) is 0.798. The number of hydrogen-bond donors (Lipinski definition) is 2. The first kappa shape index (κ1) is 11.8. The van der Waals surface area contributed by atoms with Crippen molar-refractivity contribution in [3.63, 3.8) is 0 Å². The third-order valence-corrected chi connectivity index (χ3v) is 2.50. The minimum atomic E-state index is 0.540. The lowest BCUT2D eigenvalue weighted by Crippen LogP contribution is -2.03. The van der Waals surface area contributed by atoms with E-state index in [1.165, 1.54) is 0 Å². The normalized spacial score (nSPS) is 10.0. The van der Waals surface area contributed by atoms with Gasteiger partial charge in [-0.15, -0.1) is 0 Å². The van der Waals surface area contributed by atoms with Gasteiger partial charge < -0.3 is 10.1 Å². The molecule has 0 radical (unpaired) electrons. The maximum absolute atomic E-state index is 5.99. The van der Waals surface area contributed by atoms with E-state index in [1.54, 1.807) is 19.2 Å². The van der Waals surface area contributed by atoms with E-state index in [9.17, 15) is 0 Å². The standard InChI is InChI=1S/C9H11Cl2NOS/c1-13-9-5-6(10)8(4-7(9)11)12-2-3-14/h4-5,12,14H,2-3H2,1H3. The van der Waals surface area contributed by atoms with Crippen LogP contribution in [0.15, 0.2) is 12.1 Å². The predicted octanol–water partition coefficient (Wildman–Crippen LogP) is 3.34. The summed E-state index contributed by atoms with van der Waals surface area (Å²) in [7, 11) is 1.55. The zero-order chi connectivity index (χ0) is 10.6. The van der Waals surface area contributed by atoms with Crippen LogP contribution in [0.4, 0.5) is 5.69 Å². The van der Waals surface area contributed by atoms with Gasteiger partial charge in [0.1, 0.15) is 5.75 Å². The molecule has 0 aliphatic heterocycles. The minimum Gasteiger partial charge on any atom is -0.495 e. The van der Waals surface area contributed by atoms with E-state index in [4.69, 9.17) is 27.9 Å². The van der Waals surface area contributed by atoms with Crippen LogP contribution < -0.4 is 10.1 Å². The van der Waals surface area contributed by atoms with Gasteiger partial charge >= 0.3 is 0 Å². The Labute approximate surface area is 99.0 Å². The van der Waals surface area contributed by atoms with Gasteiger partial charge in [-0.1, -0.05) is 23.2 Å². The van der Waals surface area contributed by atoms with Crippen LogP contribution in [-0.4, -0.2) is 19.4 Å². The summed E-state index contributed by atoms with van der Waals surface area (Å²) in [4.78, 5) is 0. The molecule has 1 aromatic carbocycles. The van der Waals surface area contributed by atoms with Gasteiger partial charge in [0, 0.05) is 18.4 Å². The number of halogens is 2. The van der Waals surface area contributed by atoms with Crippen LogP contribution in [0.1, 0.15) is 0 Å². The van der Waals surface area contributed by atoms with Gasteiger partial charge in [0.2, 0.25) is 0 Å². The molecule has 0 amide bonds. The lowest BCUT2D eigenvalue weighted by molar-refractivity contribution is 0.415. The first-order valence-electron chi connectivity index (χ1n) is 4.06. The average molecular weight is 252 g/mol. The summed E-state index contributed by atoms with van der Waals surface area (Å²) in [6, 6.07) is 3.43. The highest BCUT2D eigenvalue weighted by Crippen LogP contribution is 2.33. The van der Waals surface area contributed by atoms with Crippen molar-refractivity contribution in [3.8, 4) is 5.75 Å². The van der Waals surface area contributed by atoms with Gasteiger partial charge in [-0.2, -0.15) is 12.6 Å². The Morgan fingerprint density at radius 2 is 2.07 bits per heavy atom. The van der Waals surface area contributed by atoms with E-state index >= 15 is 0 Å². The molecule has 5 heteroatoms. The quantitative estimate of drug-likeness (QED) is 0.802. The maximum Gasteiger partial charge on any atom is 0.139 e. The van der Waals surface area contributed by atoms with E-state index in [2.05, 4.69) is 17.9 Å². The number of nitrogens with one attached hydrogen (secondary N) is 1. The average Bonchev–Trinajstić information content (AvgIpc) is 2.18. The molecule has 0 aliphatic carbocycles. The molecule has 1 N–H and O–H groups in total. The molecule has 0 heterocycles. The first-order chi connectivity index (χ1) is 6.69. The van der Waals surface area contributed by atoms with Gasteiger partial charge in [0.15, 0.2) is 0 Å². The van der Waals surface area contributed by atoms with Crippen molar-refractivity contribution in [2.24, 2.45) is 0 Å². The number of thiol groups is 1. The maximum atomic E-state index is 5.99. The van der Waals surface area contributed by atoms with Crippen molar-refractivity contribution in [2.45, 2.75) is 0 Å². The highest BCUT2D eigenvalue weighted by atomic mass is 35.5. The fourth-order valence-electron chi connectivity index (χ4n) is 1.01. The Hall–Kier alpha value is -0.250. The van der Waals surface area contributed by atoms with Crippen molar-refractivity contribution in [1.82, 2.24) is 0 Å². The summed E-state index contributed by atoms with van der Waals surface area (Å²) in [6.45, 7) is 0.742. The molecule has 2 nitrogen and oxygen atoms in total. The predicted molar refractivity (Wildman–Crippen MR) is 65.4 cm³/mol. The summed E-state index contributed by atoms with van der Waals surface area (Å²) < 4.78 is 5.03. The number of anilines is 1. The van der Waals surface area contributed by atoms with Gasteiger partial charge in [-0.05, 0) is 6.07 Å². The lowest BCUT2D eigenvalue weighted by Gasteiger charge is -2.10. The molecule has 0 saturated carbocycles. The molecule has 0 aromatic heterocycles. The highest BCUT2D eigenvalue weighted by molar-refractivity contribution is 7.80. The van der Waals surface area contributed by atoms with Crippen LogP contribution in [0.3, 0.4) is 0 Å². The number of rotatable bonds is 4. The van der Waals surface area contributed by atoms with Gasteiger partial charge in [0.25, 0.3) is 0 Å². The second-order valence-corrected chi connectivity index (χ2v) is 3.88. The highest BCUT2D eigenvalue weighted by Gasteiger charge is 2.06. The van der Waals surface area contributed by atoms with Crippen LogP contribution in [0.25, 0.3) is 0 Å². The Morgan fingerprint density at radius 3 is 2.64 bits per heavy atom. The molecule has 0 spiro atoms. The zero-order valence-corrected chi connectivity index (χ0v) is 10.1. The molecule has 0 fully saturated rings. The van der Waals surface area contributed by atoms with E-state index < -0.39 is 0 Å². The topological polar surface area (TPSA) is 21.3 Å². The molecule has 1 aromatic rings. The number of benzene rings is 1. The van der Waals surface area contributed by atoms with Crippen LogP contribution >= 0.6 is 35.8 Å². The second-order valence-electron chi connectivity index (χ2n) is 2.62.